The third-order valence-corrected chi connectivity index (χ3v) is 6.77. The average molecular weight is 523 g/mol. The van der Waals surface area contributed by atoms with Crippen molar-refractivity contribution in [2.45, 2.75) is 0 Å². The van der Waals surface area contributed by atoms with Gasteiger partial charge in [-0.25, -0.2) is 13.9 Å². The molecule has 39 heavy (non-hydrogen) atoms. The van der Waals surface area contributed by atoms with Gasteiger partial charge in [-0.2, -0.15) is 19.8 Å². The van der Waals surface area contributed by atoms with Crippen molar-refractivity contribution in [2.24, 2.45) is 7.05 Å². The number of hydrogen-bond acceptors (Lipinski definition) is 6. The van der Waals surface area contributed by atoms with E-state index in [1.165, 1.54) is 11.1 Å². The normalized spacial score (nSPS) is 13.4. The van der Waals surface area contributed by atoms with Crippen LogP contribution < -0.4 is 4.90 Å². The van der Waals surface area contributed by atoms with Crippen molar-refractivity contribution in [3.8, 4) is 28.3 Å². The fraction of sp³-hybridized carbons (Fsp3) is 0.179. The predicted molar refractivity (Wildman–Crippen MR) is 137 cm³/mol. The molecule has 5 aromatic rings. The zero-order valence-corrected chi connectivity index (χ0v) is 20.8. The van der Waals surface area contributed by atoms with Gasteiger partial charge in [0.1, 0.15) is 23.3 Å². The lowest BCUT2D eigenvalue weighted by molar-refractivity contribution is 0.0736. The molecule has 4 aromatic heterocycles. The summed E-state index contributed by atoms with van der Waals surface area (Å²) in [6, 6.07) is 13.2. The second-order valence-corrected chi connectivity index (χ2v) is 9.14. The minimum absolute atomic E-state index is 0.287. The smallest absolute Gasteiger partial charge is 0.260 e. The second kappa shape index (κ2) is 9.54. The number of rotatable bonds is 4. The molecular weight excluding hydrogens is 502 g/mol. The zero-order valence-electron chi connectivity index (χ0n) is 20.8. The van der Waals surface area contributed by atoms with E-state index in [1.807, 2.05) is 42.5 Å². The Morgan fingerprint density at radius 1 is 1.03 bits per heavy atom. The molecule has 0 N–H and O–H groups in total. The Hall–Kier alpha value is -5.29. The Morgan fingerprint density at radius 3 is 2.51 bits per heavy atom. The molecule has 1 aliphatic heterocycles. The van der Waals surface area contributed by atoms with Crippen LogP contribution >= 0.6 is 0 Å². The standard InChI is InChI=1S/C28H20F2N8O/c1-35-16-21(15-33-35)19-11-22(27-20(12-31)14-34-38(27)17-19)18-5-6-25(32-13-18)36-7-9-37(10-8-36)28(39)26-23(29)3-2-4-24(26)30/h3,5-6,11,13-17H,7-10H2,1H3. The van der Waals surface area contributed by atoms with Gasteiger partial charge in [-0.15, -0.1) is 0 Å². The molecule has 1 amide bonds. The molecule has 0 unspecified atom stereocenters. The van der Waals surface area contributed by atoms with E-state index >= 15 is 0 Å². The quantitative estimate of drug-likeness (QED) is 0.359. The van der Waals surface area contributed by atoms with Gasteiger partial charge in [0.15, 0.2) is 5.82 Å². The van der Waals surface area contributed by atoms with Crippen LogP contribution in [0.15, 0.2) is 55.2 Å². The van der Waals surface area contributed by atoms with E-state index in [0.29, 0.717) is 30.0 Å². The van der Waals surface area contributed by atoms with Gasteiger partial charge in [-0.1, -0.05) is 6.07 Å². The highest BCUT2D eigenvalue weighted by atomic mass is 19.1. The van der Waals surface area contributed by atoms with Crippen LogP contribution in [0.2, 0.25) is 0 Å². The molecule has 0 saturated carbocycles. The molecule has 11 heteroatoms. The predicted octanol–water partition coefficient (Wildman–Crippen LogP) is 3.51. The van der Waals surface area contributed by atoms with E-state index in [9.17, 15) is 18.8 Å². The highest BCUT2D eigenvalue weighted by molar-refractivity contribution is 5.94. The summed E-state index contributed by atoms with van der Waals surface area (Å²) in [5.41, 5.74) is 3.95. The molecule has 1 fully saturated rings. The minimum atomic E-state index is -1.04. The molecule has 192 valence electrons. The number of carbonyl (C=O) groups is 1. The fourth-order valence-corrected chi connectivity index (χ4v) is 4.78. The first-order chi connectivity index (χ1) is 18.9. The highest BCUT2D eigenvalue weighted by Crippen LogP contribution is 2.32. The molecule has 1 aromatic carbocycles. The molecule has 6 rings (SSSR count). The van der Waals surface area contributed by atoms with E-state index in [1.54, 1.807) is 21.6 Å². The zero-order chi connectivity index (χ0) is 27.1. The summed E-state index contributed by atoms with van der Waals surface area (Å²) in [6.07, 6.45) is 8.82. The van der Waals surface area contributed by atoms with Crippen molar-refractivity contribution in [3.63, 3.8) is 0 Å². The van der Waals surface area contributed by atoms with Crippen LogP contribution in [0.4, 0.5) is 14.6 Å². The van der Waals surface area contributed by atoms with Crippen molar-refractivity contribution in [2.75, 3.05) is 31.1 Å². The Labute approximate surface area is 222 Å². The fourth-order valence-electron chi connectivity index (χ4n) is 4.78. The summed E-state index contributed by atoms with van der Waals surface area (Å²) in [6.45, 7) is 1.47. The van der Waals surface area contributed by atoms with E-state index in [0.717, 1.165) is 28.3 Å². The Kier molecular flexibility index (Phi) is 5.89. The first kappa shape index (κ1) is 24.1. The van der Waals surface area contributed by atoms with Crippen molar-refractivity contribution >= 4 is 17.2 Å². The summed E-state index contributed by atoms with van der Waals surface area (Å²) in [5.74, 6) is -1.99. The second-order valence-electron chi connectivity index (χ2n) is 9.14. The third kappa shape index (κ3) is 4.30. The van der Waals surface area contributed by atoms with E-state index in [4.69, 9.17) is 0 Å². The van der Waals surface area contributed by atoms with Gasteiger partial charge >= 0.3 is 0 Å². The van der Waals surface area contributed by atoms with Crippen molar-refractivity contribution in [1.29, 1.82) is 5.26 Å². The molecule has 0 atom stereocenters. The van der Waals surface area contributed by atoms with Crippen molar-refractivity contribution < 1.29 is 13.6 Å². The number of carbonyl (C=O) groups excluding carboxylic acids is 1. The number of aryl methyl sites for hydroxylation is 1. The van der Waals surface area contributed by atoms with E-state index < -0.39 is 23.1 Å². The summed E-state index contributed by atoms with van der Waals surface area (Å²) >= 11 is 0. The number of nitriles is 1. The number of piperazine rings is 1. The van der Waals surface area contributed by atoms with Crippen LogP contribution in [0, 0.1) is 35.1 Å². The average Bonchev–Trinajstić information content (AvgIpc) is 3.58. The highest BCUT2D eigenvalue weighted by Gasteiger charge is 2.27. The van der Waals surface area contributed by atoms with Gasteiger partial charge in [0, 0.05) is 80.1 Å². The van der Waals surface area contributed by atoms with Gasteiger partial charge in [0.05, 0.1) is 23.5 Å². The van der Waals surface area contributed by atoms with Crippen LogP contribution in [-0.4, -0.2) is 61.4 Å². The van der Waals surface area contributed by atoms with Crippen LogP contribution in [-0.2, 0) is 7.05 Å². The number of fused-ring (bicyclic) bond motifs is 1. The van der Waals surface area contributed by atoms with Gasteiger partial charge < -0.3 is 9.80 Å². The molecule has 0 aliphatic carbocycles. The maximum absolute atomic E-state index is 14.0. The van der Waals surface area contributed by atoms with Gasteiger partial charge in [-0.05, 0) is 24.3 Å². The van der Waals surface area contributed by atoms with Crippen LogP contribution in [0.3, 0.4) is 0 Å². The summed E-state index contributed by atoms with van der Waals surface area (Å²) in [4.78, 5) is 20.8. The first-order valence-electron chi connectivity index (χ1n) is 12.1. The topological polar surface area (TPSA) is 95.3 Å². The lowest BCUT2D eigenvalue weighted by atomic mass is 10.0. The minimum Gasteiger partial charge on any atom is -0.353 e. The van der Waals surface area contributed by atoms with Gasteiger partial charge in [-0.3, -0.25) is 9.48 Å². The SMILES string of the molecule is Cn1cc(-c2cc(-c3ccc(N4CCN(C(=O)c5c(F)c#ccc5F)CC4)nc3)c3c(C#N)cnn3c2)cn1. The Balaban J connectivity index is 1.25. The third-order valence-electron chi connectivity index (χ3n) is 6.77. The monoisotopic (exact) mass is 522 g/mol. The molecule has 1 aliphatic rings. The summed E-state index contributed by atoms with van der Waals surface area (Å²) in [7, 11) is 1.85. The number of amides is 1. The molecule has 0 radical (unpaired) electrons. The van der Waals surface area contributed by atoms with E-state index in [2.05, 4.69) is 33.4 Å². The maximum atomic E-state index is 14.0. The molecule has 1 saturated heterocycles. The number of anilines is 1. The van der Waals surface area contributed by atoms with Gasteiger partial charge in [0.2, 0.25) is 0 Å². The molecule has 0 bridgehead atoms. The molecule has 5 heterocycles. The van der Waals surface area contributed by atoms with Crippen molar-refractivity contribution in [1.82, 2.24) is 29.3 Å². The molecule has 0 spiro atoms. The van der Waals surface area contributed by atoms with Crippen LogP contribution in [0.25, 0.3) is 27.8 Å². The number of halogens is 2. The summed E-state index contributed by atoms with van der Waals surface area (Å²) < 4.78 is 31.4. The van der Waals surface area contributed by atoms with Crippen LogP contribution in [0.1, 0.15) is 15.9 Å². The molecular formula is C28H20F2N8O. The lowest BCUT2D eigenvalue weighted by Gasteiger charge is -2.35. The first-order valence-corrected chi connectivity index (χ1v) is 12.1. The lowest BCUT2D eigenvalue weighted by Crippen LogP contribution is -2.49. The largest absolute Gasteiger partial charge is 0.353 e. The number of nitrogens with zero attached hydrogens (tertiary/aromatic N) is 8. The molecule has 9 nitrogen and oxygen atoms in total. The van der Waals surface area contributed by atoms with Crippen molar-refractivity contribution in [3.05, 3.63) is 90.1 Å². The van der Waals surface area contributed by atoms with E-state index in [-0.39, 0.29) is 13.1 Å². The summed E-state index contributed by atoms with van der Waals surface area (Å²) in [5, 5.41) is 18.3. The number of aromatic nitrogens is 5. The van der Waals surface area contributed by atoms with Gasteiger partial charge in [0.25, 0.3) is 5.91 Å². The number of pyridine rings is 2. The van der Waals surface area contributed by atoms with Crippen LogP contribution in [0.5, 0.6) is 0 Å². The Morgan fingerprint density at radius 2 is 1.85 bits per heavy atom. The Bertz CT molecular complexity index is 1720. The maximum Gasteiger partial charge on any atom is 0.260 e. The number of hydrogen-bond donors (Lipinski definition) is 0.